The Kier molecular flexibility index (Phi) is 4.64. The van der Waals surface area contributed by atoms with E-state index in [1.54, 1.807) is 0 Å². The van der Waals surface area contributed by atoms with Crippen LogP contribution >= 0.6 is 0 Å². The Labute approximate surface area is 127 Å². The molecule has 2 N–H and O–H groups in total. The summed E-state index contributed by atoms with van der Waals surface area (Å²) in [6.45, 7) is 6.56. The molecule has 2 aliphatic heterocycles. The first-order chi connectivity index (χ1) is 10.1. The van der Waals surface area contributed by atoms with Crippen molar-refractivity contribution in [2.24, 2.45) is 0 Å². The SMILES string of the molecule is CC1CN2CCCCC2CN1Cc1ccccc1B(O)O. The molecule has 5 heteroatoms. The second-order valence-corrected chi connectivity index (χ2v) is 6.50. The van der Waals surface area contributed by atoms with E-state index in [2.05, 4.69) is 16.7 Å². The number of nitrogens with zero attached hydrogens (tertiary/aromatic N) is 2. The third-order valence-electron chi connectivity index (χ3n) is 5.02. The van der Waals surface area contributed by atoms with E-state index in [9.17, 15) is 10.0 Å². The van der Waals surface area contributed by atoms with Gasteiger partial charge in [0.15, 0.2) is 0 Å². The third kappa shape index (κ3) is 3.32. The summed E-state index contributed by atoms with van der Waals surface area (Å²) in [7, 11) is -1.38. The number of hydrogen-bond acceptors (Lipinski definition) is 4. The van der Waals surface area contributed by atoms with Crippen molar-refractivity contribution in [1.29, 1.82) is 0 Å². The van der Waals surface area contributed by atoms with Gasteiger partial charge < -0.3 is 10.0 Å². The smallest absolute Gasteiger partial charge is 0.423 e. The number of benzene rings is 1. The average Bonchev–Trinajstić information content (AvgIpc) is 2.48. The topological polar surface area (TPSA) is 46.9 Å². The molecule has 3 rings (SSSR count). The standard InChI is InChI=1S/C16H25BN2O2/c1-13-10-18-9-5-4-7-15(18)12-19(13)11-14-6-2-3-8-16(14)17(20)21/h2-3,6,8,13,15,20-21H,4-5,7,9-12H2,1H3. The van der Waals surface area contributed by atoms with Crippen LogP contribution in [0.2, 0.25) is 0 Å². The van der Waals surface area contributed by atoms with Crippen LogP contribution in [-0.2, 0) is 6.54 Å². The summed E-state index contributed by atoms with van der Waals surface area (Å²) in [6.07, 6.45) is 3.98. The Morgan fingerprint density at radius 1 is 1.19 bits per heavy atom. The third-order valence-corrected chi connectivity index (χ3v) is 5.02. The maximum absolute atomic E-state index is 9.52. The van der Waals surface area contributed by atoms with Crippen LogP contribution in [0.15, 0.2) is 24.3 Å². The van der Waals surface area contributed by atoms with Gasteiger partial charge in [0, 0.05) is 31.7 Å². The van der Waals surface area contributed by atoms with Crippen LogP contribution in [0.25, 0.3) is 0 Å². The summed E-state index contributed by atoms with van der Waals surface area (Å²) in [5.74, 6) is 0. The maximum atomic E-state index is 9.52. The van der Waals surface area contributed by atoms with Crippen LogP contribution in [-0.4, -0.2) is 58.7 Å². The number of hydrogen-bond donors (Lipinski definition) is 2. The molecule has 2 saturated heterocycles. The van der Waals surface area contributed by atoms with Crippen LogP contribution in [0.1, 0.15) is 31.7 Å². The van der Waals surface area contributed by atoms with Crippen molar-refractivity contribution in [2.75, 3.05) is 19.6 Å². The number of piperazine rings is 1. The van der Waals surface area contributed by atoms with Crippen molar-refractivity contribution in [1.82, 2.24) is 9.80 Å². The highest BCUT2D eigenvalue weighted by Crippen LogP contribution is 2.24. The molecule has 0 radical (unpaired) electrons. The van der Waals surface area contributed by atoms with Gasteiger partial charge in [0.2, 0.25) is 0 Å². The van der Waals surface area contributed by atoms with E-state index in [1.807, 2.05) is 24.3 Å². The van der Waals surface area contributed by atoms with Gasteiger partial charge in [0.25, 0.3) is 0 Å². The molecule has 2 aliphatic rings. The van der Waals surface area contributed by atoms with E-state index >= 15 is 0 Å². The van der Waals surface area contributed by atoms with Gasteiger partial charge >= 0.3 is 7.12 Å². The van der Waals surface area contributed by atoms with Gasteiger partial charge in [-0.2, -0.15) is 0 Å². The first-order valence-corrected chi connectivity index (χ1v) is 8.07. The van der Waals surface area contributed by atoms with E-state index < -0.39 is 7.12 Å². The second kappa shape index (κ2) is 6.49. The molecule has 1 aromatic carbocycles. The van der Waals surface area contributed by atoms with E-state index in [-0.39, 0.29) is 0 Å². The van der Waals surface area contributed by atoms with Crippen LogP contribution < -0.4 is 5.46 Å². The molecule has 21 heavy (non-hydrogen) atoms. The molecule has 2 heterocycles. The highest BCUT2D eigenvalue weighted by atomic mass is 16.4. The Bertz CT molecular complexity index is 483. The zero-order chi connectivity index (χ0) is 14.8. The molecule has 2 unspecified atom stereocenters. The first kappa shape index (κ1) is 15.0. The summed E-state index contributed by atoms with van der Waals surface area (Å²) in [6, 6.07) is 8.85. The van der Waals surface area contributed by atoms with Crippen LogP contribution in [0, 0.1) is 0 Å². The van der Waals surface area contributed by atoms with E-state index in [0.717, 1.165) is 25.2 Å². The summed E-state index contributed by atoms with van der Waals surface area (Å²) in [5, 5.41) is 19.0. The van der Waals surface area contributed by atoms with Crippen molar-refractivity contribution in [2.45, 2.75) is 44.8 Å². The lowest BCUT2D eigenvalue weighted by atomic mass is 9.77. The van der Waals surface area contributed by atoms with E-state index in [0.29, 0.717) is 17.5 Å². The van der Waals surface area contributed by atoms with Gasteiger partial charge in [0.05, 0.1) is 0 Å². The van der Waals surface area contributed by atoms with Crippen LogP contribution in [0.4, 0.5) is 0 Å². The highest BCUT2D eigenvalue weighted by Gasteiger charge is 2.33. The lowest BCUT2D eigenvalue weighted by Gasteiger charge is -2.47. The molecule has 0 aliphatic carbocycles. The van der Waals surface area contributed by atoms with Gasteiger partial charge in [-0.05, 0) is 37.3 Å². The molecule has 2 atom stereocenters. The van der Waals surface area contributed by atoms with Crippen molar-refractivity contribution >= 4 is 12.6 Å². The molecule has 0 amide bonds. The fourth-order valence-electron chi connectivity index (χ4n) is 3.78. The molecule has 114 valence electrons. The Morgan fingerprint density at radius 2 is 2.00 bits per heavy atom. The molecule has 2 fully saturated rings. The normalized spacial score (nSPS) is 27.4. The molecular weight excluding hydrogens is 263 g/mol. The van der Waals surface area contributed by atoms with Gasteiger partial charge in [-0.15, -0.1) is 0 Å². The van der Waals surface area contributed by atoms with Crippen molar-refractivity contribution in [3.63, 3.8) is 0 Å². The largest absolute Gasteiger partial charge is 0.488 e. The zero-order valence-corrected chi connectivity index (χ0v) is 12.8. The number of rotatable bonds is 3. The molecule has 1 aromatic rings. The predicted octanol–water partition coefficient (Wildman–Crippen LogP) is 0.425. The predicted molar refractivity (Wildman–Crippen MR) is 85.4 cm³/mol. The quantitative estimate of drug-likeness (QED) is 0.792. The summed E-state index contributed by atoms with van der Waals surface area (Å²) >= 11 is 0. The van der Waals surface area contributed by atoms with E-state index in [1.165, 1.54) is 25.8 Å². The number of piperidine rings is 1. The van der Waals surface area contributed by atoms with Crippen LogP contribution in [0.5, 0.6) is 0 Å². The Balaban J connectivity index is 1.72. The van der Waals surface area contributed by atoms with Gasteiger partial charge in [-0.3, -0.25) is 9.80 Å². The molecule has 0 bridgehead atoms. The lowest BCUT2D eigenvalue weighted by molar-refractivity contribution is 0.0112. The zero-order valence-electron chi connectivity index (χ0n) is 12.8. The van der Waals surface area contributed by atoms with Gasteiger partial charge in [0.1, 0.15) is 0 Å². The Hall–Kier alpha value is -0.875. The monoisotopic (exact) mass is 288 g/mol. The highest BCUT2D eigenvalue weighted by molar-refractivity contribution is 6.59. The molecule has 0 spiro atoms. The number of fused-ring (bicyclic) bond motifs is 1. The van der Waals surface area contributed by atoms with Crippen molar-refractivity contribution < 1.29 is 10.0 Å². The first-order valence-electron chi connectivity index (χ1n) is 8.07. The van der Waals surface area contributed by atoms with Gasteiger partial charge in [-0.1, -0.05) is 30.7 Å². The Morgan fingerprint density at radius 3 is 2.81 bits per heavy atom. The minimum atomic E-state index is -1.38. The minimum absolute atomic E-state index is 0.517. The van der Waals surface area contributed by atoms with Crippen molar-refractivity contribution in [3.8, 4) is 0 Å². The molecule has 0 saturated carbocycles. The fourth-order valence-corrected chi connectivity index (χ4v) is 3.78. The van der Waals surface area contributed by atoms with E-state index in [4.69, 9.17) is 0 Å². The lowest BCUT2D eigenvalue weighted by Crippen LogP contribution is -2.58. The van der Waals surface area contributed by atoms with Crippen LogP contribution in [0.3, 0.4) is 0 Å². The van der Waals surface area contributed by atoms with Gasteiger partial charge in [-0.25, -0.2) is 0 Å². The summed E-state index contributed by atoms with van der Waals surface area (Å²) in [5.41, 5.74) is 1.67. The molecular formula is C16H25BN2O2. The minimum Gasteiger partial charge on any atom is -0.423 e. The summed E-state index contributed by atoms with van der Waals surface area (Å²) in [4.78, 5) is 5.13. The second-order valence-electron chi connectivity index (χ2n) is 6.50. The fraction of sp³-hybridized carbons (Fsp3) is 0.625. The molecule has 0 aromatic heterocycles. The molecule has 4 nitrogen and oxygen atoms in total. The summed E-state index contributed by atoms with van der Waals surface area (Å²) < 4.78 is 0. The average molecular weight is 288 g/mol. The van der Waals surface area contributed by atoms with Crippen molar-refractivity contribution in [3.05, 3.63) is 29.8 Å². The maximum Gasteiger partial charge on any atom is 0.488 e.